The molecule has 0 saturated heterocycles. The summed E-state index contributed by atoms with van der Waals surface area (Å²) in [6.45, 7) is 4.41. The Morgan fingerprint density at radius 1 is 1.00 bits per heavy atom. The van der Waals surface area contributed by atoms with Crippen molar-refractivity contribution in [3.8, 4) is 11.5 Å². The summed E-state index contributed by atoms with van der Waals surface area (Å²) >= 11 is 0. The van der Waals surface area contributed by atoms with Crippen molar-refractivity contribution in [2.24, 2.45) is 5.92 Å². The van der Waals surface area contributed by atoms with Crippen LogP contribution in [0, 0.1) is 5.92 Å². The van der Waals surface area contributed by atoms with Gasteiger partial charge < -0.3 is 40.1 Å². The number of hydrogen-bond acceptors (Lipinski definition) is 10. The van der Waals surface area contributed by atoms with E-state index in [4.69, 9.17) is 9.47 Å². The molecular formula is C29H34O10. The van der Waals surface area contributed by atoms with Gasteiger partial charge in [0.2, 0.25) is 5.78 Å². The maximum Gasteiger partial charge on any atom is 0.201 e. The molecule has 0 bridgehead atoms. The third-order valence-corrected chi connectivity index (χ3v) is 8.49. The molecule has 2 aromatic rings. The van der Waals surface area contributed by atoms with Crippen molar-refractivity contribution < 1.29 is 49.7 Å². The molecule has 3 aliphatic rings. The Bertz CT molecular complexity index is 1360. The van der Waals surface area contributed by atoms with E-state index >= 15 is 0 Å². The summed E-state index contributed by atoms with van der Waals surface area (Å²) in [6.07, 6.45) is -3.16. The normalized spacial score (nSPS) is 33.9. The number of benzene rings is 2. The van der Waals surface area contributed by atoms with Gasteiger partial charge in [-0.1, -0.05) is 6.92 Å². The zero-order chi connectivity index (χ0) is 28.6. The number of phenols is 2. The SMILES string of the molecule is CO[C@H]1[C@H](OC2CC(C)C(O)C(C)(O)C2)c2c(cc3c(c2O)C(=O)c2c(O)cc(CO)cc2C3=O)C[C@@]1(C)O. The van der Waals surface area contributed by atoms with Crippen LogP contribution in [0.3, 0.4) is 0 Å². The number of aromatic hydroxyl groups is 2. The third-order valence-electron chi connectivity index (χ3n) is 8.49. The van der Waals surface area contributed by atoms with Crippen LogP contribution in [-0.2, 0) is 22.5 Å². The molecule has 4 unspecified atom stereocenters. The molecule has 0 spiro atoms. The van der Waals surface area contributed by atoms with E-state index in [-0.39, 0.29) is 52.1 Å². The molecule has 0 radical (unpaired) electrons. The Balaban J connectivity index is 1.65. The van der Waals surface area contributed by atoms with Gasteiger partial charge >= 0.3 is 0 Å². The monoisotopic (exact) mass is 542 g/mol. The second kappa shape index (κ2) is 9.36. The average molecular weight is 543 g/mol. The van der Waals surface area contributed by atoms with Gasteiger partial charge in [0.25, 0.3) is 0 Å². The summed E-state index contributed by atoms with van der Waals surface area (Å²) < 4.78 is 12.1. The van der Waals surface area contributed by atoms with Crippen LogP contribution in [0.15, 0.2) is 18.2 Å². The lowest BCUT2D eigenvalue weighted by Gasteiger charge is -2.47. The van der Waals surface area contributed by atoms with Gasteiger partial charge in [0.1, 0.15) is 23.7 Å². The summed E-state index contributed by atoms with van der Waals surface area (Å²) in [5, 5.41) is 64.2. The second-order valence-corrected chi connectivity index (χ2v) is 11.7. The Hall–Kier alpha value is -2.86. The molecule has 10 heteroatoms. The van der Waals surface area contributed by atoms with Crippen LogP contribution < -0.4 is 0 Å². The molecule has 3 aliphatic carbocycles. The molecule has 0 aromatic heterocycles. The molecule has 0 amide bonds. The number of carbonyl (C=O) groups excluding carboxylic acids is 2. The van der Waals surface area contributed by atoms with Crippen LogP contribution in [0.1, 0.15) is 88.3 Å². The smallest absolute Gasteiger partial charge is 0.201 e. The number of ether oxygens (including phenoxy) is 2. The van der Waals surface area contributed by atoms with E-state index in [1.807, 2.05) is 0 Å². The number of hydrogen-bond donors (Lipinski definition) is 6. The van der Waals surface area contributed by atoms with E-state index in [2.05, 4.69) is 0 Å². The standard InChI is InChI=1S/C29H34O10/c1-12-5-15(10-28(2,36)26(12)35)39-25-19-14(9-29(3,37)27(25)38-4)8-17-21(23(19)33)24(34)20-16(22(17)32)6-13(11-30)7-18(20)31/h6-8,12,15,25-27,30-31,33,35-37H,5,9-11H2,1-4H3/t12?,15?,25-,26?,27+,28?,29-/m1/s1. The molecule has 2 aromatic carbocycles. The van der Waals surface area contributed by atoms with Crippen LogP contribution in [0.25, 0.3) is 0 Å². The fraction of sp³-hybridized carbons (Fsp3) is 0.517. The largest absolute Gasteiger partial charge is 0.507 e. The minimum Gasteiger partial charge on any atom is -0.507 e. The summed E-state index contributed by atoms with van der Waals surface area (Å²) in [7, 11) is 1.39. The van der Waals surface area contributed by atoms with E-state index in [1.54, 1.807) is 13.8 Å². The minimum atomic E-state index is -1.49. The predicted molar refractivity (Wildman–Crippen MR) is 137 cm³/mol. The number of aliphatic hydroxyl groups excluding tert-OH is 2. The Labute approximate surface area is 225 Å². The van der Waals surface area contributed by atoms with Crippen molar-refractivity contribution in [3.05, 3.63) is 57.1 Å². The first kappa shape index (κ1) is 27.7. The van der Waals surface area contributed by atoms with Crippen LogP contribution in [0.4, 0.5) is 0 Å². The lowest BCUT2D eigenvalue weighted by atomic mass is 9.72. The number of aliphatic hydroxyl groups is 4. The number of carbonyl (C=O) groups is 2. The fourth-order valence-corrected chi connectivity index (χ4v) is 6.69. The van der Waals surface area contributed by atoms with E-state index in [0.29, 0.717) is 12.0 Å². The van der Waals surface area contributed by atoms with Gasteiger partial charge in [-0.3, -0.25) is 9.59 Å². The highest BCUT2D eigenvalue weighted by Crippen LogP contribution is 2.50. The summed E-state index contributed by atoms with van der Waals surface area (Å²) in [5.74, 6) is -2.66. The maximum absolute atomic E-state index is 13.6. The lowest BCUT2D eigenvalue weighted by Crippen LogP contribution is -2.54. The quantitative estimate of drug-likeness (QED) is 0.284. The Morgan fingerprint density at radius 3 is 2.28 bits per heavy atom. The second-order valence-electron chi connectivity index (χ2n) is 11.7. The maximum atomic E-state index is 13.6. The van der Waals surface area contributed by atoms with Crippen LogP contribution in [-0.4, -0.2) is 78.8 Å². The lowest BCUT2D eigenvalue weighted by molar-refractivity contribution is -0.205. The highest BCUT2D eigenvalue weighted by atomic mass is 16.6. The first-order chi connectivity index (χ1) is 18.2. The van der Waals surface area contributed by atoms with Crippen molar-refractivity contribution in [1.82, 2.24) is 0 Å². The summed E-state index contributed by atoms with van der Waals surface area (Å²) in [4.78, 5) is 27.1. The van der Waals surface area contributed by atoms with Crippen molar-refractivity contribution in [3.63, 3.8) is 0 Å². The van der Waals surface area contributed by atoms with Gasteiger partial charge in [-0.25, -0.2) is 0 Å². The molecule has 5 rings (SSSR count). The van der Waals surface area contributed by atoms with Crippen molar-refractivity contribution >= 4 is 11.6 Å². The fourth-order valence-electron chi connectivity index (χ4n) is 6.69. The molecule has 0 aliphatic heterocycles. The molecule has 6 N–H and O–H groups in total. The minimum absolute atomic E-state index is 0.0186. The highest BCUT2D eigenvalue weighted by Gasteiger charge is 2.51. The number of fused-ring (bicyclic) bond motifs is 3. The van der Waals surface area contributed by atoms with Crippen LogP contribution in [0.2, 0.25) is 0 Å². The number of ketones is 2. The van der Waals surface area contributed by atoms with Gasteiger partial charge in [-0.15, -0.1) is 0 Å². The average Bonchev–Trinajstić information content (AvgIpc) is 2.84. The summed E-state index contributed by atoms with van der Waals surface area (Å²) in [5.41, 5.74) is -2.83. The molecule has 210 valence electrons. The van der Waals surface area contributed by atoms with E-state index in [0.717, 1.165) is 0 Å². The first-order valence-corrected chi connectivity index (χ1v) is 13.0. The number of phenolic OH excluding ortho intramolecular Hbond substituents is 2. The molecule has 0 heterocycles. The van der Waals surface area contributed by atoms with Gasteiger partial charge in [0, 0.05) is 36.6 Å². The molecular weight excluding hydrogens is 508 g/mol. The molecule has 7 atom stereocenters. The van der Waals surface area contributed by atoms with Crippen LogP contribution >= 0.6 is 0 Å². The van der Waals surface area contributed by atoms with E-state index in [1.165, 1.54) is 32.2 Å². The van der Waals surface area contributed by atoms with Gasteiger partial charge in [0.05, 0.1) is 41.1 Å². The number of rotatable bonds is 4. The van der Waals surface area contributed by atoms with Gasteiger partial charge in [0.15, 0.2) is 5.78 Å². The van der Waals surface area contributed by atoms with E-state index < -0.39 is 65.3 Å². The number of methoxy groups -OCH3 is 1. The van der Waals surface area contributed by atoms with Crippen molar-refractivity contribution in [1.29, 1.82) is 0 Å². The van der Waals surface area contributed by atoms with Gasteiger partial charge in [-0.2, -0.15) is 0 Å². The zero-order valence-corrected chi connectivity index (χ0v) is 22.3. The molecule has 1 fully saturated rings. The molecule has 1 saturated carbocycles. The van der Waals surface area contributed by atoms with Crippen molar-refractivity contribution in [2.75, 3.05) is 7.11 Å². The topological polar surface area (TPSA) is 174 Å². The third kappa shape index (κ3) is 4.26. The highest BCUT2D eigenvalue weighted by molar-refractivity contribution is 6.30. The zero-order valence-electron chi connectivity index (χ0n) is 22.3. The Kier molecular flexibility index (Phi) is 6.65. The summed E-state index contributed by atoms with van der Waals surface area (Å²) in [6, 6.07) is 3.98. The van der Waals surface area contributed by atoms with Crippen LogP contribution in [0.5, 0.6) is 11.5 Å². The Morgan fingerprint density at radius 2 is 1.67 bits per heavy atom. The van der Waals surface area contributed by atoms with E-state index in [9.17, 15) is 40.2 Å². The van der Waals surface area contributed by atoms with Crippen molar-refractivity contribution in [2.45, 2.75) is 82.3 Å². The first-order valence-electron chi connectivity index (χ1n) is 13.0. The molecule has 39 heavy (non-hydrogen) atoms. The van der Waals surface area contributed by atoms with Gasteiger partial charge in [-0.05, 0) is 55.5 Å². The predicted octanol–water partition coefficient (Wildman–Crippen LogP) is 1.66. The molecule has 10 nitrogen and oxygen atoms in total.